The number of amidine groups is 1. The molecule has 9 heteroatoms. The van der Waals surface area contributed by atoms with E-state index in [1.807, 2.05) is 16.5 Å². The second-order valence-corrected chi connectivity index (χ2v) is 9.06. The molecule has 5 N–H and O–H groups in total. The average Bonchev–Trinajstić information content (AvgIpc) is 3.42. The second-order valence-electron chi connectivity index (χ2n) is 7.46. The normalized spacial score (nSPS) is 17.8. The standard InChI is InChI=1S/C8H16N2OS.C7H9N3OS.C6H12/c1-7-4-3-5-10(7)8(11)6-9-12-2;8-7(9)6-1-5(3-12-6)2-10-4-11;1-2-4-6-5-3-1/h7,9H,3-6H2,1-2H3;1,3-4H,2H2,(H3,8,9)(H,10,11);1-6H2. The van der Waals surface area contributed by atoms with Crippen LogP contribution in [-0.4, -0.2) is 48.4 Å². The Morgan fingerprint density at radius 1 is 1.30 bits per heavy atom. The highest BCUT2D eigenvalue weighted by Gasteiger charge is 2.24. The van der Waals surface area contributed by atoms with Crippen LogP contribution in [0.5, 0.6) is 0 Å². The number of carbonyl (C=O) groups excluding carboxylic acids is 2. The Labute approximate surface area is 189 Å². The quantitative estimate of drug-likeness (QED) is 0.218. The number of nitrogens with two attached hydrogens (primary N) is 1. The van der Waals surface area contributed by atoms with E-state index < -0.39 is 0 Å². The van der Waals surface area contributed by atoms with Gasteiger partial charge in [-0.25, -0.2) is 0 Å². The summed E-state index contributed by atoms with van der Waals surface area (Å²) in [5.74, 6) is 0.298. The summed E-state index contributed by atoms with van der Waals surface area (Å²) in [6.45, 7) is 4.01. The van der Waals surface area contributed by atoms with Gasteiger partial charge in [0.2, 0.25) is 12.3 Å². The summed E-state index contributed by atoms with van der Waals surface area (Å²) in [6, 6.07) is 2.24. The number of rotatable bonds is 7. The largest absolute Gasteiger partial charge is 0.383 e. The van der Waals surface area contributed by atoms with E-state index >= 15 is 0 Å². The fraction of sp³-hybridized carbons (Fsp3) is 0.667. The highest BCUT2D eigenvalue weighted by atomic mass is 32.2. The van der Waals surface area contributed by atoms with Gasteiger partial charge < -0.3 is 16.0 Å². The van der Waals surface area contributed by atoms with Crippen molar-refractivity contribution in [1.82, 2.24) is 14.9 Å². The van der Waals surface area contributed by atoms with E-state index in [-0.39, 0.29) is 11.7 Å². The Bertz CT molecular complexity index is 623. The number of nitrogens with zero attached hydrogens (tertiary/aromatic N) is 1. The molecule has 1 saturated heterocycles. The van der Waals surface area contributed by atoms with Crippen molar-refractivity contribution in [3.63, 3.8) is 0 Å². The van der Waals surface area contributed by atoms with Gasteiger partial charge in [0, 0.05) is 19.1 Å². The van der Waals surface area contributed by atoms with Gasteiger partial charge in [-0.3, -0.25) is 19.7 Å². The maximum absolute atomic E-state index is 11.5. The average molecular weight is 456 g/mol. The Morgan fingerprint density at radius 2 is 1.93 bits per heavy atom. The van der Waals surface area contributed by atoms with Gasteiger partial charge in [0.05, 0.1) is 11.4 Å². The summed E-state index contributed by atoms with van der Waals surface area (Å²) in [5, 5.41) is 11.5. The molecule has 2 amide bonds. The summed E-state index contributed by atoms with van der Waals surface area (Å²) in [5.41, 5.74) is 6.23. The molecule has 0 radical (unpaired) electrons. The van der Waals surface area contributed by atoms with Gasteiger partial charge in [0.15, 0.2) is 0 Å². The van der Waals surface area contributed by atoms with E-state index in [0.29, 0.717) is 25.5 Å². The van der Waals surface area contributed by atoms with Crippen LogP contribution in [0.1, 0.15) is 68.7 Å². The van der Waals surface area contributed by atoms with E-state index in [2.05, 4.69) is 17.0 Å². The maximum Gasteiger partial charge on any atom is 0.237 e. The molecule has 2 heterocycles. The molecule has 0 bridgehead atoms. The molecule has 1 saturated carbocycles. The zero-order chi connectivity index (χ0) is 22.2. The molecule has 7 nitrogen and oxygen atoms in total. The lowest BCUT2D eigenvalue weighted by atomic mass is 10.0. The van der Waals surface area contributed by atoms with Crippen LogP contribution in [0.3, 0.4) is 0 Å². The van der Waals surface area contributed by atoms with Gasteiger partial charge in [0.1, 0.15) is 5.84 Å². The highest BCUT2D eigenvalue weighted by Crippen LogP contribution is 2.16. The first-order valence-electron chi connectivity index (χ1n) is 10.6. The van der Waals surface area contributed by atoms with Crippen molar-refractivity contribution in [3.8, 4) is 0 Å². The van der Waals surface area contributed by atoms with E-state index in [1.165, 1.54) is 61.8 Å². The number of likely N-dealkylation sites (tertiary alicyclic amines) is 1. The molecule has 2 fully saturated rings. The third-order valence-corrected chi connectivity index (χ3v) is 6.50. The zero-order valence-corrected chi connectivity index (χ0v) is 19.9. The Hall–Kier alpha value is -1.58. The molecule has 1 atom stereocenters. The minimum absolute atomic E-state index is 0.0670. The van der Waals surface area contributed by atoms with E-state index in [9.17, 15) is 9.59 Å². The molecule has 2 aliphatic rings. The van der Waals surface area contributed by atoms with E-state index in [1.54, 1.807) is 6.07 Å². The van der Waals surface area contributed by atoms with Crippen LogP contribution in [0.15, 0.2) is 11.4 Å². The lowest BCUT2D eigenvalue weighted by Gasteiger charge is -2.21. The number of hydrogen-bond acceptors (Lipinski definition) is 6. The first kappa shape index (κ1) is 26.5. The molecule has 1 unspecified atom stereocenters. The van der Waals surface area contributed by atoms with Crippen LogP contribution < -0.4 is 15.8 Å². The molecule has 0 spiro atoms. The van der Waals surface area contributed by atoms with Crippen molar-refractivity contribution < 1.29 is 9.59 Å². The van der Waals surface area contributed by atoms with Crippen molar-refractivity contribution in [3.05, 3.63) is 21.9 Å². The van der Waals surface area contributed by atoms with Crippen LogP contribution in [0.25, 0.3) is 0 Å². The fourth-order valence-electron chi connectivity index (χ4n) is 3.37. The SMILES string of the molecule is C1CCCCC1.CSNCC(=O)N1CCCC1C.N=C(N)c1cc(CNC=O)cs1. The number of carbonyl (C=O) groups is 2. The summed E-state index contributed by atoms with van der Waals surface area (Å²) in [4.78, 5) is 24.1. The summed E-state index contributed by atoms with van der Waals surface area (Å²) >= 11 is 2.90. The first-order chi connectivity index (χ1) is 14.5. The van der Waals surface area contributed by atoms with Crippen LogP contribution in [0.4, 0.5) is 0 Å². The van der Waals surface area contributed by atoms with Crippen molar-refractivity contribution >= 4 is 41.4 Å². The second kappa shape index (κ2) is 16.2. The lowest BCUT2D eigenvalue weighted by Crippen LogP contribution is -2.38. The molecule has 1 aliphatic heterocycles. The topological polar surface area (TPSA) is 111 Å². The Kier molecular flexibility index (Phi) is 14.2. The third kappa shape index (κ3) is 11.0. The maximum atomic E-state index is 11.5. The number of thiophene rings is 1. The van der Waals surface area contributed by atoms with Crippen molar-refractivity contribution in [2.75, 3.05) is 19.3 Å². The van der Waals surface area contributed by atoms with Crippen LogP contribution >= 0.6 is 23.3 Å². The first-order valence-corrected chi connectivity index (χ1v) is 12.7. The van der Waals surface area contributed by atoms with Gasteiger partial charge in [-0.15, -0.1) is 11.3 Å². The molecule has 3 rings (SSSR count). The monoisotopic (exact) mass is 455 g/mol. The number of hydrogen-bond donors (Lipinski definition) is 4. The predicted molar refractivity (Wildman–Crippen MR) is 128 cm³/mol. The molecule has 0 aromatic carbocycles. The Balaban J connectivity index is 0.000000237. The molecular formula is C21H37N5O2S2. The van der Waals surface area contributed by atoms with Gasteiger partial charge in [-0.1, -0.05) is 50.5 Å². The number of amides is 2. The highest BCUT2D eigenvalue weighted by molar-refractivity contribution is 7.96. The summed E-state index contributed by atoms with van der Waals surface area (Å²) in [7, 11) is 0. The fourth-order valence-corrected chi connectivity index (χ4v) is 4.41. The summed E-state index contributed by atoms with van der Waals surface area (Å²) < 4.78 is 2.97. The third-order valence-electron chi connectivity index (χ3n) is 5.05. The molecule has 170 valence electrons. The van der Waals surface area contributed by atoms with Crippen molar-refractivity contribution in [2.45, 2.75) is 70.9 Å². The minimum Gasteiger partial charge on any atom is -0.383 e. The number of nitrogens with one attached hydrogen (secondary N) is 3. The minimum atomic E-state index is 0.0670. The van der Waals surface area contributed by atoms with Gasteiger partial charge in [0.25, 0.3) is 0 Å². The predicted octanol–water partition coefficient (Wildman–Crippen LogP) is 3.48. The van der Waals surface area contributed by atoms with Gasteiger partial charge in [-0.05, 0) is 43.0 Å². The Morgan fingerprint density at radius 3 is 2.37 bits per heavy atom. The van der Waals surface area contributed by atoms with Crippen molar-refractivity contribution in [2.24, 2.45) is 5.73 Å². The molecule has 1 aromatic heterocycles. The smallest absolute Gasteiger partial charge is 0.237 e. The van der Waals surface area contributed by atoms with Crippen LogP contribution in [-0.2, 0) is 16.1 Å². The lowest BCUT2D eigenvalue weighted by molar-refractivity contribution is -0.130. The summed E-state index contributed by atoms with van der Waals surface area (Å²) in [6.07, 6.45) is 13.9. The van der Waals surface area contributed by atoms with E-state index in [0.717, 1.165) is 29.8 Å². The van der Waals surface area contributed by atoms with Crippen LogP contribution in [0.2, 0.25) is 0 Å². The van der Waals surface area contributed by atoms with Gasteiger partial charge >= 0.3 is 0 Å². The molecule has 1 aliphatic carbocycles. The van der Waals surface area contributed by atoms with Crippen molar-refractivity contribution in [1.29, 1.82) is 5.41 Å². The molecule has 1 aromatic rings. The molecular weight excluding hydrogens is 418 g/mol. The number of nitrogen functional groups attached to an aromatic ring is 1. The molecule has 30 heavy (non-hydrogen) atoms. The van der Waals surface area contributed by atoms with E-state index in [4.69, 9.17) is 11.1 Å². The van der Waals surface area contributed by atoms with Gasteiger partial charge in [-0.2, -0.15) is 0 Å². The van der Waals surface area contributed by atoms with Crippen LogP contribution in [0, 0.1) is 5.41 Å². The zero-order valence-electron chi connectivity index (χ0n) is 18.2.